The molecule has 1 atom stereocenters. The van der Waals surface area contributed by atoms with E-state index in [1.54, 1.807) is 44.2 Å². The molecule has 0 bridgehead atoms. The SMILES string of the molecule is C=CCOc1ccc(/C(O)=C2\C(=O)C(=O)N(c3nc(C)c(C(=O)OCC)s3)C2c2ccc(F)cc2)cc1. The molecule has 2 heterocycles. The molecular formula is C27H23FN2O6S. The molecule has 10 heteroatoms. The van der Waals surface area contributed by atoms with E-state index in [0.29, 0.717) is 23.6 Å². The second kappa shape index (κ2) is 10.8. The highest BCUT2D eigenvalue weighted by Crippen LogP contribution is 2.44. The van der Waals surface area contributed by atoms with Crippen LogP contribution in [0.15, 0.2) is 66.8 Å². The molecule has 1 aliphatic heterocycles. The number of hydrogen-bond acceptors (Lipinski definition) is 8. The minimum Gasteiger partial charge on any atom is -0.507 e. The van der Waals surface area contributed by atoms with Crippen LogP contribution in [-0.4, -0.2) is 41.0 Å². The number of carbonyl (C=O) groups is 3. The van der Waals surface area contributed by atoms with Crippen molar-refractivity contribution in [3.8, 4) is 5.75 Å². The van der Waals surface area contributed by atoms with Gasteiger partial charge in [0.2, 0.25) is 0 Å². The molecule has 1 aromatic heterocycles. The van der Waals surface area contributed by atoms with Crippen LogP contribution in [0.2, 0.25) is 0 Å². The van der Waals surface area contributed by atoms with Crippen LogP contribution in [0.3, 0.4) is 0 Å². The minimum atomic E-state index is -1.11. The van der Waals surface area contributed by atoms with Crippen LogP contribution in [0.4, 0.5) is 9.52 Å². The number of esters is 1. The van der Waals surface area contributed by atoms with Gasteiger partial charge in [0.05, 0.1) is 23.9 Å². The Morgan fingerprint density at radius 3 is 2.49 bits per heavy atom. The van der Waals surface area contributed by atoms with Crippen molar-refractivity contribution in [2.24, 2.45) is 0 Å². The zero-order chi connectivity index (χ0) is 26.7. The summed E-state index contributed by atoms with van der Waals surface area (Å²) in [5, 5.41) is 11.3. The second-order valence-corrected chi connectivity index (χ2v) is 8.95. The van der Waals surface area contributed by atoms with Crippen LogP contribution in [0, 0.1) is 12.7 Å². The molecule has 190 valence electrons. The third kappa shape index (κ3) is 5.01. The number of aliphatic hydroxyl groups is 1. The zero-order valence-corrected chi connectivity index (χ0v) is 20.9. The molecule has 1 N–H and O–H groups in total. The molecule has 1 fully saturated rings. The second-order valence-electron chi connectivity index (χ2n) is 7.98. The molecule has 1 aliphatic rings. The van der Waals surface area contributed by atoms with E-state index >= 15 is 0 Å². The van der Waals surface area contributed by atoms with Gasteiger partial charge >= 0.3 is 11.9 Å². The van der Waals surface area contributed by atoms with E-state index in [2.05, 4.69) is 11.6 Å². The van der Waals surface area contributed by atoms with Crippen molar-refractivity contribution in [1.29, 1.82) is 0 Å². The first-order valence-electron chi connectivity index (χ1n) is 11.3. The van der Waals surface area contributed by atoms with Crippen LogP contribution >= 0.6 is 11.3 Å². The Morgan fingerprint density at radius 2 is 1.86 bits per heavy atom. The number of Topliss-reactive ketones (excluding diaryl/α,β-unsaturated/α-hetero) is 1. The first kappa shape index (κ1) is 25.8. The number of anilines is 1. The fourth-order valence-electron chi connectivity index (χ4n) is 3.88. The maximum Gasteiger partial charge on any atom is 0.350 e. The summed E-state index contributed by atoms with van der Waals surface area (Å²) in [5.41, 5.74) is 0.785. The van der Waals surface area contributed by atoms with Crippen molar-refractivity contribution in [3.63, 3.8) is 0 Å². The van der Waals surface area contributed by atoms with Gasteiger partial charge in [-0.2, -0.15) is 0 Å². The van der Waals surface area contributed by atoms with Crippen LogP contribution in [0.5, 0.6) is 5.75 Å². The fourth-order valence-corrected chi connectivity index (χ4v) is 4.87. The summed E-state index contributed by atoms with van der Waals surface area (Å²) in [6.45, 7) is 7.30. The number of carbonyl (C=O) groups excluding carboxylic acids is 3. The van der Waals surface area contributed by atoms with Crippen molar-refractivity contribution in [3.05, 3.63) is 94.3 Å². The van der Waals surface area contributed by atoms with Crippen LogP contribution in [0.25, 0.3) is 5.76 Å². The zero-order valence-electron chi connectivity index (χ0n) is 20.1. The lowest BCUT2D eigenvalue weighted by molar-refractivity contribution is -0.132. The quantitative estimate of drug-likeness (QED) is 0.147. The number of hydrogen-bond donors (Lipinski definition) is 1. The lowest BCUT2D eigenvalue weighted by Gasteiger charge is -2.23. The maximum absolute atomic E-state index is 13.7. The van der Waals surface area contributed by atoms with E-state index in [4.69, 9.17) is 9.47 Å². The number of aliphatic hydroxyl groups excluding tert-OH is 1. The molecule has 0 spiro atoms. The van der Waals surface area contributed by atoms with Gasteiger partial charge in [0.15, 0.2) is 5.13 Å². The van der Waals surface area contributed by atoms with E-state index in [0.717, 1.165) is 16.2 Å². The normalized spacial score (nSPS) is 16.6. The molecule has 1 saturated heterocycles. The number of nitrogens with zero attached hydrogens (tertiary/aromatic N) is 2. The Labute approximate surface area is 216 Å². The summed E-state index contributed by atoms with van der Waals surface area (Å²) in [6.07, 6.45) is 1.59. The Morgan fingerprint density at radius 1 is 1.19 bits per heavy atom. The van der Waals surface area contributed by atoms with Gasteiger partial charge in [0.1, 0.15) is 28.8 Å². The number of aryl methyl sites for hydroxylation is 1. The molecule has 0 saturated carbocycles. The largest absolute Gasteiger partial charge is 0.507 e. The minimum absolute atomic E-state index is 0.0733. The van der Waals surface area contributed by atoms with Crippen LogP contribution in [-0.2, 0) is 14.3 Å². The van der Waals surface area contributed by atoms with Gasteiger partial charge < -0.3 is 14.6 Å². The molecule has 0 aliphatic carbocycles. The topological polar surface area (TPSA) is 106 Å². The van der Waals surface area contributed by atoms with Crippen molar-refractivity contribution in [1.82, 2.24) is 4.98 Å². The highest BCUT2D eigenvalue weighted by Gasteiger charge is 2.48. The number of rotatable bonds is 8. The summed E-state index contributed by atoms with van der Waals surface area (Å²) < 4.78 is 24.2. The Bertz CT molecular complexity index is 1400. The van der Waals surface area contributed by atoms with Crippen LogP contribution < -0.4 is 9.64 Å². The first-order valence-corrected chi connectivity index (χ1v) is 12.1. The number of ether oxygens (including phenoxy) is 2. The van der Waals surface area contributed by atoms with Crippen molar-refractivity contribution in [2.45, 2.75) is 19.9 Å². The molecule has 3 aromatic rings. The number of benzene rings is 2. The van der Waals surface area contributed by atoms with Crippen LogP contribution in [0.1, 0.15) is 39.5 Å². The summed E-state index contributed by atoms with van der Waals surface area (Å²) in [6, 6.07) is 10.4. The lowest BCUT2D eigenvalue weighted by atomic mass is 9.95. The summed E-state index contributed by atoms with van der Waals surface area (Å²) in [5.74, 6) is -2.88. The van der Waals surface area contributed by atoms with E-state index in [9.17, 15) is 23.9 Å². The van der Waals surface area contributed by atoms with Crippen molar-refractivity contribution in [2.75, 3.05) is 18.1 Å². The first-order chi connectivity index (χ1) is 17.8. The average molecular weight is 523 g/mol. The third-order valence-corrected chi connectivity index (χ3v) is 6.71. The number of ketones is 1. The number of halogens is 1. The highest BCUT2D eigenvalue weighted by molar-refractivity contribution is 7.17. The fraction of sp³-hybridized carbons (Fsp3) is 0.185. The van der Waals surface area contributed by atoms with Gasteiger partial charge in [0, 0.05) is 5.56 Å². The third-order valence-electron chi connectivity index (χ3n) is 5.58. The summed E-state index contributed by atoms with van der Waals surface area (Å²) >= 11 is 0.896. The summed E-state index contributed by atoms with van der Waals surface area (Å²) in [4.78, 5) is 44.5. The number of amides is 1. The van der Waals surface area contributed by atoms with E-state index < -0.39 is 35.3 Å². The molecule has 1 amide bonds. The van der Waals surface area contributed by atoms with E-state index in [1.165, 1.54) is 24.3 Å². The lowest BCUT2D eigenvalue weighted by Crippen LogP contribution is -2.29. The molecule has 1 unspecified atom stereocenters. The van der Waals surface area contributed by atoms with E-state index in [-0.39, 0.29) is 27.8 Å². The van der Waals surface area contributed by atoms with Crippen molar-refractivity contribution < 1.29 is 33.4 Å². The Balaban J connectivity index is 1.84. The van der Waals surface area contributed by atoms with Gasteiger partial charge in [0.25, 0.3) is 5.78 Å². The predicted octanol–water partition coefficient (Wildman–Crippen LogP) is 4.96. The summed E-state index contributed by atoms with van der Waals surface area (Å²) in [7, 11) is 0. The van der Waals surface area contributed by atoms with E-state index in [1.807, 2.05) is 0 Å². The van der Waals surface area contributed by atoms with Crippen molar-refractivity contribution >= 4 is 39.9 Å². The molecular weight excluding hydrogens is 499 g/mol. The standard InChI is InChI=1S/C27H23FN2O6S/c1-4-14-36-19-12-8-17(9-13-19)22(31)20-21(16-6-10-18(28)11-7-16)30(25(33)23(20)32)27-29-15(3)24(37-27)26(34)35-5-2/h4,6-13,21,31H,1,5,14H2,2-3H3/b22-20+. The van der Waals surface area contributed by atoms with Gasteiger partial charge in [-0.05, 0) is 55.8 Å². The molecule has 8 nitrogen and oxygen atoms in total. The molecule has 37 heavy (non-hydrogen) atoms. The molecule has 2 aromatic carbocycles. The average Bonchev–Trinajstić information content (AvgIpc) is 3.40. The number of aromatic nitrogens is 1. The highest BCUT2D eigenvalue weighted by atomic mass is 32.1. The van der Waals surface area contributed by atoms with Gasteiger partial charge in [-0.3, -0.25) is 14.5 Å². The van der Waals surface area contributed by atoms with Gasteiger partial charge in [-0.25, -0.2) is 14.2 Å². The number of thiazole rings is 1. The predicted molar refractivity (Wildman–Crippen MR) is 136 cm³/mol. The smallest absolute Gasteiger partial charge is 0.350 e. The molecule has 4 rings (SSSR count). The maximum atomic E-state index is 13.7. The Hall–Kier alpha value is -4.31. The molecule has 0 radical (unpaired) electrons. The van der Waals surface area contributed by atoms with Gasteiger partial charge in [-0.15, -0.1) is 0 Å². The Kier molecular flexibility index (Phi) is 7.49. The van der Waals surface area contributed by atoms with Gasteiger partial charge in [-0.1, -0.05) is 36.1 Å². The monoisotopic (exact) mass is 522 g/mol.